The van der Waals surface area contributed by atoms with Crippen LogP contribution in [0.5, 0.6) is 0 Å². The van der Waals surface area contributed by atoms with Crippen LogP contribution in [0.2, 0.25) is 0 Å². The number of carbonyl (C=O) groups is 3. The number of rotatable bonds is 6. The van der Waals surface area contributed by atoms with Crippen molar-refractivity contribution in [3.05, 3.63) is 70.8 Å². The van der Waals surface area contributed by atoms with Gasteiger partial charge >= 0.3 is 18.1 Å². The standard InChI is InChI=1S/C23H24F3NO5/c1-22(2,3)32-20(29)15-10-8-14(9-11-15)12-18(21(30)31-4)27-19(28)16-6-5-7-17(13-16)23(24,25)26/h5-11,13,18H,12H2,1-4H3,(H,27,28)/t18-/m0/s1. The Morgan fingerprint density at radius 1 is 0.969 bits per heavy atom. The molecular formula is C23H24F3NO5. The van der Waals surface area contributed by atoms with Gasteiger partial charge in [-0.05, 0) is 56.7 Å². The molecule has 1 amide bonds. The van der Waals surface area contributed by atoms with Gasteiger partial charge in [-0.25, -0.2) is 9.59 Å². The van der Waals surface area contributed by atoms with E-state index in [0.717, 1.165) is 19.2 Å². The molecule has 2 aromatic carbocycles. The second-order valence-corrected chi connectivity index (χ2v) is 8.03. The lowest BCUT2D eigenvalue weighted by Crippen LogP contribution is -2.43. The van der Waals surface area contributed by atoms with Crippen LogP contribution in [0.1, 0.15) is 52.6 Å². The molecule has 6 nitrogen and oxygen atoms in total. The molecule has 0 unspecified atom stereocenters. The molecule has 2 rings (SSSR count). The second kappa shape index (κ2) is 9.84. The van der Waals surface area contributed by atoms with Gasteiger partial charge in [-0.15, -0.1) is 0 Å². The molecule has 2 aromatic rings. The number of hydrogen-bond donors (Lipinski definition) is 1. The lowest BCUT2D eigenvalue weighted by atomic mass is 10.0. The van der Waals surface area contributed by atoms with Gasteiger partial charge in [-0.3, -0.25) is 4.79 Å². The molecule has 0 radical (unpaired) electrons. The molecular weight excluding hydrogens is 427 g/mol. The molecule has 9 heteroatoms. The van der Waals surface area contributed by atoms with Gasteiger partial charge in [-0.1, -0.05) is 18.2 Å². The first kappa shape index (κ1) is 24.9. The summed E-state index contributed by atoms with van der Waals surface area (Å²) in [6.45, 7) is 5.23. The SMILES string of the molecule is COC(=O)[C@H](Cc1ccc(C(=O)OC(C)(C)C)cc1)NC(=O)c1cccc(C(F)(F)F)c1. The van der Waals surface area contributed by atoms with E-state index in [1.54, 1.807) is 32.9 Å². The van der Waals surface area contributed by atoms with Crippen LogP contribution in [0.25, 0.3) is 0 Å². The highest BCUT2D eigenvalue weighted by molar-refractivity contribution is 5.97. The highest BCUT2D eigenvalue weighted by Crippen LogP contribution is 2.29. The van der Waals surface area contributed by atoms with E-state index >= 15 is 0 Å². The lowest BCUT2D eigenvalue weighted by Gasteiger charge is -2.20. The Kier molecular flexibility index (Phi) is 7.66. The first-order valence-electron chi connectivity index (χ1n) is 9.68. The van der Waals surface area contributed by atoms with Crippen molar-refractivity contribution in [1.82, 2.24) is 5.32 Å². The van der Waals surface area contributed by atoms with E-state index in [2.05, 4.69) is 5.32 Å². The molecule has 32 heavy (non-hydrogen) atoms. The fraction of sp³-hybridized carbons (Fsp3) is 0.348. The van der Waals surface area contributed by atoms with Gasteiger partial charge in [0.05, 0.1) is 18.2 Å². The summed E-state index contributed by atoms with van der Waals surface area (Å²) in [5.41, 5.74) is -0.964. The number of hydrogen-bond acceptors (Lipinski definition) is 5. The first-order valence-corrected chi connectivity index (χ1v) is 9.68. The van der Waals surface area contributed by atoms with Crippen molar-refractivity contribution >= 4 is 17.8 Å². The van der Waals surface area contributed by atoms with E-state index in [0.29, 0.717) is 17.2 Å². The van der Waals surface area contributed by atoms with Crippen molar-refractivity contribution in [2.45, 2.75) is 45.0 Å². The molecule has 0 aliphatic rings. The Hall–Kier alpha value is -3.36. The predicted octanol–water partition coefficient (Wildman–Crippen LogP) is 4.17. The minimum Gasteiger partial charge on any atom is -0.467 e. The quantitative estimate of drug-likeness (QED) is 0.667. The third kappa shape index (κ3) is 7.11. The summed E-state index contributed by atoms with van der Waals surface area (Å²) in [5.74, 6) is -2.12. The molecule has 1 N–H and O–H groups in total. The number of esters is 2. The van der Waals surface area contributed by atoms with Crippen molar-refractivity contribution in [1.29, 1.82) is 0 Å². The van der Waals surface area contributed by atoms with Crippen molar-refractivity contribution in [2.24, 2.45) is 0 Å². The maximum atomic E-state index is 12.9. The first-order chi connectivity index (χ1) is 14.8. The number of methoxy groups -OCH3 is 1. The van der Waals surface area contributed by atoms with Crippen LogP contribution in [-0.4, -0.2) is 36.6 Å². The van der Waals surface area contributed by atoms with E-state index in [4.69, 9.17) is 9.47 Å². The Balaban J connectivity index is 2.15. The average molecular weight is 451 g/mol. The fourth-order valence-corrected chi connectivity index (χ4v) is 2.76. The number of amides is 1. The van der Waals surface area contributed by atoms with Crippen LogP contribution in [0.15, 0.2) is 48.5 Å². The van der Waals surface area contributed by atoms with Crippen molar-refractivity contribution in [3.8, 4) is 0 Å². The molecule has 0 saturated heterocycles. The number of nitrogens with one attached hydrogen (secondary N) is 1. The van der Waals surface area contributed by atoms with Crippen LogP contribution < -0.4 is 5.32 Å². The summed E-state index contributed by atoms with van der Waals surface area (Å²) >= 11 is 0. The Morgan fingerprint density at radius 2 is 1.59 bits per heavy atom. The molecule has 0 spiro atoms. The minimum atomic E-state index is -4.60. The van der Waals surface area contributed by atoms with Gasteiger partial charge < -0.3 is 14.8 Å². The molecule has 0 bridgehead atoms. The summed E-state index contributed by atoms with van der Waals surface area (Å²) in [5, 5.41) is 2.41. The number of alkyl halides is 3. The topological polar surface area (TPSA) is 81.7 Å². The van der Waals surface area contributed by atoms with Gasteiger partial charge in [0.1, 0.15) is 11.6 Å². The van der Waals surface area contributed by atoms with Gasteiger partial charge in [-0.2, -0.15) is 13.2 Å². The maximum absolute atomic E-state index is 12.9. The van der Waals surface area contributed by atoms with Gasteiger partial charge in [0.15, 0.2) is 0 Å². The highest BCUT2D eigenvalue weighted by atomic mass is 19.4. The van der Waals surface area contributed by atoms with Crippen LogP contribution in [0.3, 0.4) is 0 Å². The van der Waals surface area contributed by atoms with Gasteiger partial charge in [0.25, 0.3) is 5.91 Å². The summed E-state index contributed by atoms with van der Waals surface area (Å²) in [6.07, 6.45) is -4.60. The van der Waals surface area contributed by atoms with Gasteiger partial charge in [0.2, 0.25) is 0 Å². The molecule has 0 saturated carbocycles. The van der Waals surface area contributed by atoms with Gasteiger partial charge in [0, 0.05) is 12.0 Å². The summed E-state index contributed by atoms with van der Waals surface area (Å²) < 4.78 is 48.7. The Morgan fingerprint density at radius 3 is 2.12 bits per heavy atom. The van der Waals surface area contributed by atoms with Crippen molar-refractivity contribution < 1.29 is 37.0 Å². The molecule has 0 aromatic heterocycles. The molecule has 0 heterocycles. The average Bonchev–Trinajstić information content (AvgIpc) is 2.71. The summed E-state index contributed by atoms with van der Waals surface area (Å²) in [4.78, 5) is 36.7. The maximum Gasteiger partial charge on any atom is 0.416 e. The zero-order valence-electron chi connectivity index (χ0n) is 18.1. The van der Waals surface area contributed by atoms with Crippen molar-refractivity contribution in [2.75, 3.05) is 7.11 Å². The van der Waals surface area contributed by atoms with E-state index < -0.39 is 41.2 Å². The molecule has 0 aliphatic carbocycles. The number of ether oxygens (including phenoxy) is 2. The number of benzene rings is 2. The highest BCUT2D eigenvalue weighted by Gasteiger charge is 2.31. The molecule has 1 atom stereocenters. The molecule has 0 aliphatic heterocycles. The Bertz CT molecular complexity index is 978. The molecule has 0 fully saturated rings. The normalized spacial score (nSPS) is 12.6. The third-order valence-corrected chi connectivity index (χ3v) is 4.27. The number of carbonyl (C=O) groups excluding carboxylic acids is 3. The van der Waals surface area contributed by atoms with E-state index in [1.165, 1.54) is 18.2 Å². The summed E-state index contributed by atoms with van der Waals surface area (Å²) in [6, 6.07) is 8.96. The minimum absolute atomic E-state index is 0.00593. The smallest absolute Gasteiger partial charge is 0.416 e. The van der Waals surface area contributed by atoms with E-state index in [9.17, 15) is 27.6 Å². The zero-order chi connectivity index (χ0) is 24.1. The van der Waals surface area contributed by atoms with E-state index in [1.807, 2.05) is 0 Å². The van der Waals surface area contributed by atoms with E-state index in [-0.39, 0.29) is 12.0 Å². The molecule has 172 valence electrons. The van der Waals surface area contributed by atoms with Crippen LogP contribution >= 0.6 is 0 Å². The van der Waals surface area contributed by atoms with Crippen molar-refractivity contribution in [3.63, 3.8) is 0 Å². The second-order valence-electron chi connectivity index (χ2n) is 8.03. The Labute approximate surface area is 183 Å². The zero-order valence-corrected chi connectivity index (χ0v) is 18.1. The van der Waals surface area contributed by atoms with Crippen LogP contribution in [-0.2, 0) is 26.9 Å². The fourth-order valence-electron chi connectivity index (χ4n) is 2.76. The monoisotopic (exact) mass is 451 g/mol. The largest absolute Gasteiger partial charge is 0.467 e. The predicted molar refractivity (Wildman–Crippen MR) is 110 cm³/mol. The van der Waals surface area contributed by atoms with Crippen LogP contribution in [0, 0.1) is 0 Å². The third-order valence-electron chi connectivity index (χ3n) is 4.27. The van der Waals surface area contributed by atoms with Crippen LogP contribution in [0.4, 0.5) is 13.2 Å². The lowest BCUT2D eigenvalue weighted by molar-refractivity contribution is -0.143. The summed E-state index contributed by atoms with van der Waals surface area (Å²) in [7, 11) is 1.14. The number of halogens is 3.